The summed E-state index contributed by atoms with van der Waals surface area (Å²) in [5.41, 5.74) is 2.31. The van der Waals surface area contributed by atoms with E-state index in [4.69, 9.17) is 4.74 Å². The van der Waals surface area contributed by atoms with Gasteiger partial charge in [-0.2, -0.15) is 0 Å². The molecule has 43 heavy (non-hydrogen) atoms. The van der Waals surface area contributed by atoms with Crippen molar-refractivity contribution < 1.29 is 29.0 Å². The van der Waals surface area contributed by atoms with E-state index >= 15 is 0 Å². The maximum absolute atomic E-state index is 14.2. The molecule has 8 nitrogen and oxygen atoms in total. The Morgan fingerprint density at radius 3 is 1.86 bits per heavy atom. The fourth-order valence-corrected chi connectivity index (χ4v) is 8.30. The zero-order valence-corrected chi connectivity index (χ0v) is 27.3. The summed E-state index contributed by atoms with van der Waals surface area (Å²) in [6.45, 7) is 0. The van der Waals surface area contributed by atoms with Crippen molar-refractivity contribution in [2.75, 3.05) is 16.9 Å². The number of ether oxygens (including phenoxy) is 1. The smallest absolute Gasteiger partial charge is 0.238 e. The van der Waals surface area contributed by atoms with Crippen LogP contribution in [0.1, 0.15) is 24.3 Å². The molecule has 2 aliphatic carbocycles. The number of anilines is 2. The molecule has 0 bridgehead atoms. The topological polar surface area (TPSA) is 104 Å². The molecule has 1 saturated carbocycles. The molecule has 3 fully saturated rings. The number of amides is 4. The molecule has 2 saturated heterocycles. The SMILES string of the molecule is COc1cccc([C@H]2C3=CC[C@@H]4C(=O)N(c5ccc(I)cc5)C(=O)[C@@H]4[C@@H]3C[C@H]3C(=O)N(c4ccc(I)cc4)C(=O)[C@@H]23)c1O. The molecule has 4 amide bonds. The van der Waals surface area contributed by atoms with Gasteiger partial charge in [0.2, 0.25) is 23.6 Å². The number of allylic oxidation sites excluding steroid dienone is 2. The maximum atomic E-state index is 14.2. The van der Waals surface area contributed by atoms with Gasteiger partial charge in [0.15, 0.2) is 11.5 Å². The van der Waals surface area contributed by atoms with Crippen molar-refractivity contribution in [1.29, 1.82) is 0 Å². The fourth-order valence-electron chi connectivity index (χ4n) is 7.58. The van der Waals surface area contributed by atoms with Crippen LogP contribution >= 0.6 is 45.2 Å². The summed E-state index contributed by atoms with van der Waals surface area (Å²) in [6.07, 6.45) is 2.58. The van der Waals surface area contributed by atoms with E-state index in [0.29, 0.717) is 23.4 Å². The number of benzene rings is 3. The second kappa shape index (κ2) is 10.7. The van der Waals surface area contributed by atoms with E-state index < -0.39 is 35.5 Å². The number of imide groups is 2. The van der Waals surface area contributed by atoms with Crippen LogP contribution in [0, 0.1) is 36.7 Å². The molecular formula is C33H26I2N2O6. The van der Waals surface area contributed by atoms with E-state index in [2.05, 4.69) is 45.2 Å². The second-order valence-electron chi connectivity index (χ2n) is 11.4. The second-order valence-corrected chi connectivity index (χ2v) is 13.9. The van der Waals surface area contributed by atoms with E-state index in [-0.39, 0.29) is 41.5 Å². The Balaban J connectivity index is 1.35. The van der Waals surface area contributed by atoms with Gasteiger partial charge in [0.05, 0.1) is 42.2 Å². The van der Waals surface area contributed by atoms with Crippen molar-refractivity contribution >= 4 is 80.2 Å². The quantitative estimate of drug-likeness (QED) is 0.208. The summed E-state index contributed by atoms with van der Waals surface area (Å²) >= 11 is 4.35. The van der Waals surface area contributed by atoms with Gasteiger partial charge in [-0.25, -0.2) is 0 Å². The number of hydrogen-bond donors (Lipinski definition) is 1. The van der Waals surface area contributed by atoms with Gasteiger partial charge in [0.1, 0.15) is 0 Å². The number of aromatic hydroxyl groups is 1. The Morgan fingerprint density at radius 1 is 0.721 bits per heavy atom. The van der Waals surface area contributed by atoms with Crippen LogP contribution in [-0.2, 0) is 19.2 Å². The summed E-state index contributed by atoms with van der Waals surface area (Å²) in [5, 5.41) is 11.3. The molecule has 7 rings (SSSR count). The molecule has 10 heteroatoms. The number of carbonyl (C=O) groups is 4. The number of fused-ring (bicyclic) bond motifs is 4. The Labute approximate surface area is 275 Å². The first kappa shape index (κ1) is 28.5. The van der Waals surface area contributed by atoms with Crippen LogP contribution in [0.4, 0.5) is 11.4 Å². The zero-order chi connectivity index (χ0) is 30.2. The van der Waals surface area contributed by atoms with Gasteiger partial charge in [0.25, 0.3) is 0 Å². The minimum Gasteiger partial charge on any atom is -0.504 e. The van der Waals surface area contributed by atoms with Gasteiger partial charge in [0, 0.05) is 18.6 Å². The lowest BCUT2D eigenvalue weighted by atomic mass is 9.57. The van der Waals surface area contributed by atoms with Crippen molar-refractivity contribution in [2.24, 2.45) is 29.6 Å². The van der Waals surface area contributed by atoms with Crippen LogP contribution in [0.15, 0.2) is 78.4 Å². The van der Waals surface area contributed by atoms with Crippen molar-refractivity contribution in [3.05, 3.63) is 91.1 Å². The Kier molecular flexibility index (Phi) is 7.11. The van der Waals surface area contributed by atoms with Gasteiger partial charge in [-0.1, -0.05) is 23.8 Å². The average Bonchev–Trinajstić information content (AvgIpc) is 3.41. The van der Waals surface area contributed by atoms with Crippen LogP contribution in [0.2, 0.25) is 0 Å². The average molecular weight is 800 g/mol. The van der Waals surface area contributed by atoms with Gasteiger partial charge in [-0.05, 0) is 119 Å². The highest BCUT2D eigenvalue weighted by atomic mass is 127. The van der Waals surface area contributed by atoms with Crippen molar-refractivity contribution in [2.45, 2.75) is 18.8 Å². The third-order valence-electron chi connectivity index (χ3n) is 9.40. The minimum absolute atomic E-state index is 0.0975. The summed E-state index contributed by atoms with van der Waals surface area (Å²) in [6, 6.07) is 19.6. The lowest BCUT2D eigenvalue weighted by Gasteiger charge is -2.44. The third kappa shape index (κ3) is 4.34. The van der Waals surface area contributed by atoms with Crippen molar-refractivity contribution in [3.63, 3.8) is 0 Å². The van der Waals surface area contributed by atoms with Crippen LogP contribution in [0.5, 0.6) is 11.5 Å². The van der Waals surface area contributed by atoms with Crippen molar-refractivity contribution in [1.82, 2.24) is 0 Å². The van der Waals surface area contributed by atoms with Crippen molar-refractivity contribution in [3.8, 4) is 11.5 Å². The summed E-state index contributed by atoms with van der Waals surface area (Å²) in [7, 11) is 1.46. The number of rotatable bonds is 4. The predicted octanol–water partition coefficient (Wildman–Crippen LogP) is 5.66. The zero-order valence-electron chi connectivity index (χ0n) is 22.9. The molecule has 0 unspecified atom stereocenters. The molecule has 0 radical (unpaired) electrons. The molecular weight excluding hydrogens is 774 g/mol. The largest absolute Gasteiger partial charge is 0.504 e. The van der Waals surface area contributed by atoms with Gasteiger partial charge in [-0.3, -0.25) is 29.0 Å². The van der Waals surface area contributed by atoms with Crippen LogP contribution < -0.4 is 14.5 Å². The summed E-state index contributed by atoms with van der Waals surface area (Å²) < 4.78 is 7.37. The fraction of sp³-hybridized carbons (Fsp3) is 0.273. The standard InChI is InChI=1S/C33H26I2N2O6/c1-43-25-4-2-3-21(29(25)38)26-20-13-14-22-27(32(41)36(30(22)39)18-9-5-16(34)6-10-18)23(20)15-24-28(26)33(42)37(31(24)40)19-11-7-17(35)8-12-19/h2-13,22-24,26-28,38H,14-15H2,1H3/t22-,23+,24+,26+,27-,28+/m0/s1. The number of methoxy groups -OCH3 is 1. The molecule has 0 aromatic heterocycles. The lowest BCUT2D eigenvalue weighted by molar-refractivity contribution is -0.126. The highest BCUT2D eigenvalue weighted by Crippen LogP contribution is 2.59. The predicted molar refractivity (Wildman–Crippen MR) is 175 cm³/mol. The van der Waals surface area contributed by atoms with E-state index in [1.165, 1.54) is 16.9 Å². The number of hydrogen-bond acceptors (Lipinski definition) is 6. The molecule has 4 aliphatic rings. The monoisotopic (exact) mass is 800 g/mol. The third-order valence-corrected chi connectivity index (χ3v) is 10.8. The van der Waals surface area contributed by atoms with E-state index in [1.807, 2.05) is 30.3 Å². The molecule has 3 aromatic carbocycles. The molecule has 2 heterocycles. The number of nitrogens with zero attached hydrogens (tertiary/aromatic N) is 2. The highest BCUT2D eigenvalue weighted by molar-refractivity contribution is 14.1. The number of halogens is 2. The highest BCUT2D eigenvalue weighted by Gasteiger charge is 2.62. The lowest BCUT2D eigenvalue weighted by Crippen LogP contribution is -2.43. The molecule has 2 aliphatic heterocycles. The van der Waals surface area contributed by atoms with Crippen LogP contribution in [-0.4, -0.2) is 35.8 Å². The maximum Gasteiger partial charge on any atom is 0.238 e. The normalized spacial score (nSPS) is 28.0. The minimum atomic E-state index is -0.775. The van der Waals surface area contributed by atoms with E-state index in [9.17, 15) is 24.3 Å². The number of carbonyl (C=O) groups excluding carboxylic acids is 4. The number of phenols is 1. The molecule has 3 aromatic rings. The molecule has 218 valence electrons. The molecule has 1 N–H and O–H groups in total. The first-order valence-electron chi connectivity index (χ1n) is 14.0. The summed E-state index contributed by atoms with van der Waals surface area (Å²) in [4.78, 5) is 58.6. The first-order valence-corrected chi connectivity index (χ1v) is 16.2. The van der Waals surface area contributed by atoms with Gasteiger partial charge >= 0.3 is 0 Å². The first-order chi connectivity index (χ1) is 20.7. The van der Waals surface area contributed by atoms with Gasteiger partial charge < -0.3 is 9.84 Å². The van der Waals surface area contributed by atoms with E-state index in [0.717, 1.165) is 12.7 Å². The Hall–Kier alpha value is -3.26. The van der Waals surface area contributed by atoms with E-state index in [1.54, 1.807) is 42.5 Å². The summed E-state index contributed by atoms with van der Waals surface area (Å²) in [5.74, 6) is -4.87. The Bertz CT molecular complexity index is 1720. The van der Waals surface area contributed by atoms with Gasteiger partial charge in [-0.15, -0.1) is 0 Å². The molecule has 0 spiro atoms. The number of phenolic OH excluding ortho intramolecular Hbond substituents is 1. The van der Waals surface area contributed by atoms with Crippen LogP contribution in [0.3, 0.4) is 0 Å². The Morgan fingerprint density at radius 2 is 1.28 bits per heavy atom. The number of para-hydroxylation sites is 1. The molecule has 6 atom stereocenters. The van der Waals surface area contributed by atoms with Crippen LogP contribution in [0.25, 0.3) is 0 Å².